The van der Waals surface area contributed by atoms with Crippen LogP contribution in [0.5, 0.6) is 17.4 Å². The van der Waals surface area contributed by atoms with Crippen molar-refractivity contribution >= 4 is 23.6 Å². The molecule has 4 rings (SSSR count). The third kappa shape index (κ3) is 4.33. The van der Waals surface area contributed by atoms with E-state index >= 15 is 0 Å². The van der Waals surface area contributed by atoms with Gasteiger partial charge in [-0.15, -0.1) is 10.2 Å². The van der Waals surface area contributed by atoms with E-state index in [1.807, 2.05) is 19.1 Å². The molecule has 0 atom stereocenters. The smallest absolute Gasteiger partial charge is 0.290 e. The Kier molecular flexibility index (Phi) is 6.55. The van der Waals surface area contributed by atoms with Crippen molar-refractivity contribution in [3.8, 4) is 28.8 Å². The molecule has 8 nitrogen and oxygen atoms in total. The minimum Gasteiger partial charge on any atom is -0.497 e. The predicted molar refractivity (Wildman–Crippen MR) is 132 cm³/mol. The first-order valence-electron chi connectivity index (χ1n) is 10.3. The van der Waals surface area contributed by atoms with Crippen LogP contribution in [-0.4, -0.2) is 28.5 Å². The molecule has 0 amide bonds. The number of benzene rings is 3. The fraction of sp³-hybridized carbons (Fsp3) is 0.120. The Balaban J connectivity index is 1.99. The highest BCUT2D eigenvalue weighted by Crippen LogP contribution is 2.32. The number of azo groups is 1. The van der Waals surface area contributed by atoms with Gasteiger partial charge in [-0.1, -0.05) is 29.8 Å². The second kappa shape index (κ2) is 9.72. The highest BCUT2D eigenvalue weighted by atomic mass is 32.1. The normalized spacial score (nSPS) is 11.0. The maximum atomic E-state index is 13.5. The Morgan fingerprint density at radius 2 is 1.44 bits per heavy atom. The van der Waals surface area contributed by atoms with Crippen LogP contribution in [0.15, 0.2) is 87.8 Å². The van der Waals surface area contributed by atoms with Crippen LogP contribution >= 0.6 is 12.2 Å². The lowest BCUT2D eigenvalue weighted by Gasteiger charge is -2.16. The summed E-state index contributed by atoms with van der Waals surface area (Å²) in [7, 11) is 3.07. The fourth-order valence-electron chi connectivity index (χ4n) is 3.37. The van der Waals surface area contributed by atoms with Crippen LogP contribution in [0.1, 0.15) is 5.56 Å². The van der Waals surface area contributed by atoms with Gasteiger partial charge >= 0.3 is 0 Å². The lowest BCUT2D eigenvalue weighted by atomic mass is 10.2. The van der Waals surface area contributed by atoms with E-state index in [0.29, 0.717) is 28.6 Å². The maximum Gasteiger partial charge on any atom is 0.290 e. The van der Waals surface area contributed by atoms with E-state index in [-0.39, 0.29) is 10.5 Å². The minimum absolute atomic E-state index is 0.0766. The molecule has 1 heterocycles. The van der Waals surface area contributed by atoms with Gasteiger partial charge in [0.25, 0.3) is 5.56 Å². The van der Waals surface area contributed by atoms with Gasteiger partial charge in [0.05, 0.1) is 25.6 Å². The molecule has 0 unspecified atom stereocenters. The first-order valence-corrected chi connectivity index (χ1v) is 10.7. The molecule has 3 aromatic carbocycles. The first-order chi connectivity index (χ1) is 16.4. The Morgan fingerprint density at radius 3 is 2.09 bits per heavy atom. The maximum absolute atomic E-state index is 13.5. The van der Waals surface area contributed by atoms with E-state index < -0.39 is 11.4 Å². The summed E-state index contributed by atoms with van der Waals surface area (Å²) in [4.78, 5) is 13.5. The lowest BCUT2D eigenvalue weighted by molar-refractivity contribution is 0.414. The van der Waals surface area contributed by atoms with Crippen LogP contribution in [0.3, 0.4) is 0 Å². The zero-order valence-electron chi connectivity index (χ0n) is 18.8. The monoisotopic (exact) mass is 474 g/mol. The van der Waals surface area contributed by atoms with Crippen molar-refractivity contribution in [2.24, 2.45) is 10.2 Å². The molecule has 1 N–H and O–H groups in total. The zero-order valence-corrected chi connectivity index (χ0v) is 19.6. The van der Waals surface area contributed by atoms with E-state index in [4.69, 9.17) is 21.7 Å². The number of methoxy groups -OCH3 is 2. The molecule has 0 spiro atoms. The Hall–Kier alpha value is -4.24. The average Bonchev–Trinajstić information content (AvgIpc) is 2.85. The molecule has 0 aliphatic heterocycles. The number of aryl methyl sites for hydroxylation is 1. The molecule has 0 bridgehead atoms. The quantitative estimate of drug-likeness (QED) is 0.282. The number of rotatable bonds is 6. The molecule has 34 heavy (non-hydrogen) atoms. The first kappa shape index (κ1) is 22.9. The molecule has 4 aromatic rings. The van der Waals surface area contributed by atoms with Gasteiger partial charge in [0.1, 0.15) is 17.2 Å². The number of ether oxygens (including phenoxy) is 2. The predicted octanol–water partition coefficient (Wildman–Crippen LogP) is 5.80. The number of aromatic nitrogens is 2. The van der Waals surface area contributed by atoms with Crippen LogP contribution in [0, 0.1) is 11.7 Å². The molecule has 0 aliphatic carbocycles. The second-order valence-electron chi connectivity index (χ2n) is 7.34. The van der Waals surface area contributed by atoms with Crippen LogP contribution < -0.4 is 15.0 Å². The van der Waals surface area contributed by atoms with Gasteiger partial charge in [-0.3, -0.25) is 13.9 Å². The highest BCUT2D eigenvalue weighted by molar-refractivity contribution is 7.71. The molecule has 0 saturated heterocycles. The Labute approximate surface area is 201 Å². The van der Waals surface area contributed by atoms with Crippen molar-refractivity contribution in [3.05, 3.63) is 93.5 Å². The number of para-hydroxylation sites is 1. The van der Waals surface area contributed by atoms with E-state index in [2.05, 4.69) is 10.2 Å². The Bertz CT molecular complexity index is 1470. The molecular formula is C25H22N4O4S. The third-order valence-electron chi connectivity index (χ3n) is 5.18. The fourth-order valence-corrected chi connectivity index (χ4v) is 3.75. The largest absolute Gasteiger partial charge is 0.497 e. The summed E-state index contributed by atoms with van der Waals surface area (Å²) in [5, 5.41) is 19.4. The Morgan fingerprint density at radius 1 is 0.824 bits per heavy atom. The summed E-state index contributed by atoms with van der Waals surface area (Å²) in [6.07, 6.45) is 0. The van der Waals surface area contributed by atoms with Gasteiger partial charge in [-0.05, 0) is 67.7 Å². The molecule has 9 heteroatoms. The summed E-state index contributed by atoms with van der Waals surface area (Å²) in [6.45, 7) is 1.95. The summed E-state index contributed by atoms with van der Waals surface area (Å²) >= 11 is 5.64. The van der Waals surface area contributed by atoms with Crippen molar-refractivity contribution in [1.82, 2.24) is 9.13 Å². The molecular weight excluding hydrogens is 452 g/mol. The molecule has 172 valence electrons. The summed E-state index contributed by atoms with van der Waals surface area (Å²) < 4.78 is 13.3. The number of aromatic hydroxyl groups is 1. The van der Waals surface area contributed by atoms with E-state index in [1.54, 1.807) is 67.8 Å². The van der Waals surface area contributed by atoms with Gasteiger partial charge < -0.3 is 14.6 Å². The van der Waals surface area contributed by atoms with Crippen molar-refractivity contribution in [2.75, 3.05) is 14.2 Å². The molecule has 0 aliphatic rings. The number of nitrogens with zero attached hydrogens (tertiary/aromatic N) is 4. The summed E-state index contributed by atoms with van der Waals surface area (Å²) in [5.74, 6) is 0.693. The number of hydrogen-bond acceptors (Lipinski definition) is 7. The molecule has 1 aromatic heterocycles. The topological polar surface area (TPSA) is 90.3 Å². The van der Waals surface area contributed by atoms with Crippen LogP contribution in [0.2, 0.25) is 0 Å². The van der Waals surface area contributed by atoms with Crippen molar-refractivity contribution < 1.29 is 14.6 Å². The molecule has 0 radical (unpaired) electrons. The highest BCUT2D eigenvalue weighted by Gasteiger charge is 2.19. The molecule has 0 saturated carbocycles. The summed E-state index contributed by atoms with van der Waals surface area (Å²) in [6, 6.07) is 21.2. The second-order valence-corrected chi connectivity index (χ2v) is 7.70. The van der Waals surface area contributed by atoms with Crippen LogP contribution in [-0.2, 0) is 0 Å². The van der Waals surface area contributed by atoms with Crippen molar-refractivity contribution in [3.63, 3.8) is 0 Å². The zero-order chi connectivity index (χ0) is 24.2. The van der Waals surface area contributed by atoms with E-state index in [0.717, 1.165) is 5.56 Å². The van der Waals surface area contributed by atoms with Gasteiger partial charge in [0.2, 0.25) is 11.6 Å². The third-order valence-corrected chi connectivity index (χ3v) is 5.54. The van der Waals surface area contributed by atoms with E-state index in [1.165, 1.54) is 16.2 Å². The SMILES string of the molecule is COc1ccc(-n2c(=O)c(N=Nc3ccccc3OC)c(O)n(-c3ccc(C)cc3)c2=S)cc1. The van der Waals surface area contributed by atoms with Gasteiger partial charge in [-0.2, -0.15) is 0 Å². The summed E-state index contributed by atoms with van der Waals surface area (Å²) in [5.41, 5.74) is 1.62. The van der Waals surface area contributed by atoms with Crippen LogP contribution in [0.4, 0.5) is 11.4 Å². The van der Waals surface area contributed by atoms with E-state index in [9.17, 15) is 9.90 Å². The van der Waals surface area contributed by atoms with Crippen molar-refractivity contribution in [2.45, 2.75) is 6.92 Å². The standard InChI is InChI=1S/C25H22N4O4S/c1-16-8-10-17(11-9-16)28-23(30)22(27-26-20-6-4-5-7-21(20)33-3)24(31)29(25(28)34)18-12-14-19(32-2)15-13-18/h4-15,30H,1-3H3. The lowest BCUT2D eigenvalue weighted by Crippen LogP contribution is -2.23. The van der Waals surface area contributed by atoms with Gasteiger partial charge in [0.15, 0.2) is 4.77 Å². The minimum atomic E-state index is -0.616. The van der Waals surface area contributed by atoms with Crippen molar-refractivity contribution in [1.29, 1.82) is 0 Å². The number of hydrogen-bond donors (Lipinski definition) is 1. The molecule has 0 fully saturated rings. The average molecular weight is 475 g/mol. The van der Waals surface area contributed by atoms with Gasteiger partial charge in [-0.25, -0.2) is 0 Å². The van der Waals surface area contributed by atoms with Gasteiger partial charge in [0, 0.05) is 0 Å². The van der Waals surface area contributed by atoms with Crippen LogP contribution in [0.25, 0.3) is 11.4 Å².